The fraction of sp³-hybridized carbons (Fsp3) is 0.429. The van der Waals surface area contributed by atoms with Crippen molar-refractivity contribution in [2.24, 2.45) is 5.92 Å². The first-order valence-electron chi connectivity index (χ1n) is 6.23. The van der Waals surface area contributed by atoms with Crippen LogP contribution >= 0.6 is 0 Å². The number of benzene rings is 1. The third-order valence-electron chi connectivity index (χ3n) is 2.68. The van der Waals surface area contributed by atoms with Gasteiger partial charge in [-0.2, -0.15) is 0 Å². The largest absolute Gasteiger partial charge is 0.497 e. The van der Waals surface area contributed by atoms with E-state index in [0.29, 0.717) is 11.5 Å². The normalized spacial score (nSPS) is 11.8. The molecule has 0 aromatic heterocycles. The van der Waals surface area contributed by atoms with Gasteiger partial charge in [-0.3, -0.25) is 4.79 Å². The Morgan fingerprint density at radius 3 is 2.20 bits per heavy atom. The molecule has 0 heterocycles. The number of carboxylic acid groups (broad SMARTS) is 1. The molecule has 0 aliphatic rings. The van der Waals surface area contributed by atoms with Gasteiger partial charge in [0.1, 0.15) is 17.5 Å². The van der Waals surface area contributed by atoms with Gasteiger partial charge in [0.15, 0.2) is 6.61 Å². The molecule has 0 aliphatic heterocycles. The molecule has 1 amide bonds. The van der Waals surface area contributed by atoms with Gasteiger partial charge in [0.25, 0.3) is 5.91 Å². The number of nitrogens with one attached hydrogen (secondary N) is 1. The summed E-state index contributed by atoms with van der Waals surface area (Å²) in [5.41, 5.74) is 0. The van der Waals surface area contributed by atoms with Crippen LogP contribution in [0.2, 0.25) is 0 Å². The molecule has 1 unspecified atom stereocenters. The van der Waals surface area contributed by atoms with Gasteiger partial charge >= 0.3 is 5.97 Å². The Bertz CT molecular complexity index is 455. The van der Waals surface area contributed by atoms with Crippen LogP contribution in [0.3, 0.4) is 0 Å². The highest BCUT2D eigenvalue weighted by Gasteiger charge is 2.23. The van der Waals surface area contributed by atoms with E-state index < -0.39 is 17.9 Å². The fourth-order valence-corrected chi connectivity index (χ4v) is 1.55. The van der Waals surface area contributed by atoms with Gasteiger partial charge in [-0.05, 0) is 30.2 Å². The first-order chi connectivity index (χ1) is 9.43. The van der Waals surface area contributed by atoms with Crippen molar-refractivity contribution >= 4 is 11.9 Å². The van der Waals surface area contributed by atoms with E-state index in [1.54, 1.807) is 45.2 Å². The van der Waals surface area contributed by atoms with E-state index in [1.807, 2.05) is 0 Å². The summed E-state index contributed by atoms with van der Waals surface area (Å²) in [6.45, 7) is 3.22. The molecule has 110 valence electrons. The van der Waals surface area contributed by atoms with E-state index >= 15 is 0 Å². The second-order valence-electron chi connectivity index (χ2n) is 4.59. The van der Waals surface area contributed by atoms with Crippen molar-refractivity contribution in [3.63, 3.8) is 0 Å². The number of amides is 1. The number of hydrogen-bond donors (Lipinski definition) is 2. The lowest BCUT2D eigenvalue weighted by Gasteiger charge is -2.17. The van der Waals surface area contributed by atoms with Crippen LogP contribution in [0.4, 0.5) is 0 Å². The molecule has 6 heteroatoms. The molecule has 6 nitrogen and oxygen atoms in total. The van der Waals surface area contributed by atoms with Crippen molar-refractivity contribution in [2.45, 2.75) is 19.9 Å². The van der Waals surface area contributed by atoms with Gasteiger partial charge in [-0.25, -0.2) is 4.79 Å². The molecular weight excluding hydrogens is 262 g/mol. The molecule has 1 rings (SSSR count). The number of aliphatic carboxylic acids is 1. The van der Waals surface area contributed by atoms with Gasteiger partial charge in [0.05, 0.1) is 7.11 Å². The molecular formula is C14H19NO5. The predicted octanol–water partition coefficient (Wildman–Crippen LogP) is 1.30. The lowest BCUT2D eigenvalue weighted by atomic mass is 10.1. The van der Waals surface area contributed by atoms with E-state index in [9.17, 15) is 9.59 Å². The van der Waals surface area contributed by atoms with Gasteiger partial charge in [0, 0.05) is 0 Å². The van der Waals surface area contributed by atoms with E-state index in [4.69, 9.17) is 14.6 Å². The Hall–Kier alpha value is -2.24. The molecule has 20 heavy (non-hydrogen) atoms. The number of ether oxygens (including phenoxy) is 2. The molecule has 1 aromatic carbocycles. The molecule has 0 aliphatic carbocycles. The SMILES string of the molecule is COc1ccc(OCC(=O)NC(C(=O)O)C(C)C)cc1. The number of carbonyl (C=O) groups excluding carboxylic acids is 1. The molecule has 0 bridgehead atoms. The van der Waals surface area contributed by atoms with Gasteiger partial charge in [-0.15, -0.1) is 0 Å². The van der Waals surface area contributed by atoms with E-state index in [2.05, 4.69) is 5.32 Å². The zero-order valence-corrected chi connectivity index (χ0v) is 11.8. The number of carboxylic acids is 1. The molecule has 1 atom stereocenters. The molecule has 0 radical (unpaired) electrons. The zero-order chi connectivity index (χ0) is 15.1. The summed E-state index contributed by atoms with van der Waals surface area (Å²) in [5.74, 6) is -0.526. The van der Waals surface area contributed by atoms with Crippen LogP contribution in [0.1, 0.15) is 13.8 Å². The fourth-order valence-electron chi connectivity index (χ4n) is 1.55. The summed E-state index contributed by atoms with van der Waals surface area (Å²) in [4.78, 5) is 22.6. The van der Waals surface area contributed by atoms with Crippen LogP contribution < -0.4 is 14.8 Å². The second kappa shape index (κ2) is 7.37. The summed E-state index contributed by atoms with van der Waals surface area (Å²) in [6.07, 6.45) is 0. The van der Waals surface area contributed by atoms with E-state index in [0.717, 1.165) is 0 Å². The maximum atomic E-state index is 11.6. The highest BCUT2D eigenvalue weighted by molar-refractivity contribution is 5.84. The predicted molar refractivity (Wildman–Crippen MR) is 72.9 cm³/mol. The highest BCUT2D eigenvalue weighted by Crippen LogP contribution is 2.16. The highest BCUT2D eigenvalue weighted by atomic mass is 16.5. The smallest absolute Gasteiger partial charge is 0.326 e. The average molecular weight is 281 g/mol. The Balaban J connectivity index is 2.47. The van der Waals surface area contributed by atoms with Crippen molar-refractivity contribution in [3.8, 4) is 11.5 Å². The number of rotatable bonds is 7. The van der Waals surface area contributed by atoms with E-state index in [-0.39, 0.29) is 12.5 Å². The van der Waals surface area contributed by atoms with Crippen LogP contribution in [0.25, 0.3) is 0 Å². The van der Waals surface area contributed by atoms with Gasteiger partial charge < -0.3 is 19.9 Å². The average Bonchev–Trinajstić information content (AvgIpc) is 2.42. The van der Waals surface area contributed by atoms with Crippen LogP contribution in [0.15, 0.2) is 24.3 Å². The maximum absolute atomic E-state index is 11.6. The minimum atomic E-state index is -1.06. The minimum Gasteiger partial charge on any atom is -0.497 e. The second-order valence-corrected chi connectivity index (χ2v) is 4.59. The lowest BCUT2D eigenvalue weighted by Crippen LogP contribution is -2.46. The van der Waals surface area contributed by atoms with Gasteiger partial charge in [0.2, 0.25) is 0 Å². The van der Waals surface area contributed by atoms with Crippen LogP contribution in [-0.2, 0) is 9.59 Å². The monoisotopic (exact) mass is 281 g/mol. The first-order valence-corrected chi connectivity index (χ1v) is 6.23. The van der Waals surface area contributed by atoms with Crippen molar-refractivity contribution in [3.05, 3.63) is 24.3 Å². The molecule has 0 saturated carbocycles. The first kappa shape index (κ1) is 15.8. The molecule has 1 aromatic rings. The summed E-state index contributed by atoms with van der Waals surface area (Å²) >= 11 is 0. The van der Waals surface area contributed by atoms with Crippen molar-refractivity contribution in [1.82, 2.24) is 5.32 Å². The number of carbonyl (C=O) groups is 2. The van der Waals surface area contributed by atoms with Gasteiger partial charge in [-0.1, -0.05) is 13.8 Å². The maximum Gasteiger partial charge on any atom is 0.326 e. The minimum absolute atomic E-state index is 0.197. The van der Waals surface area contributed by atoms with Crippen molar-refractivity contribution < 1.29 is 24.2 Å². The molecule has 2 N–H and O–H groups in total. The number of hydrogen-bond acceptors (Lipinski definition) is 4. The Morgan fingerprint density at radius 1 is 1.20 bits per heavy atom. The van der Waals surface area contributed by atoms with Crippen molar-refractivity contribution in [2.75, 3.05) is 13.7 Å². The van der Waals surface area contributed by atoms with E-state index in [1.165, 1.54) is 0 Å². The summed E-state index contributed by atoms with van der Waals surface area (Å²) in [6, 6.07) is 5.84. The number of methoxy groups -OCH3 is 1. The Labute approximate surface area is 117 Å². The molecule has 0 saturated heterocycles. The zero-order valence-electron chi connectivity index (χ0n) is 11.8. The Morgan fingerprint density at radius 2 is 1.75 bits per heavy atom. The third-order valence-corrected chi connectivity index (χ3v) is 2.68. The quantitative estimate of drug-likeness (QED) is 0.787. The van der Waals surface area contributed by atoms with Crippen LogP contribution in [0, 0.1) is 5.92 Å². The Kier molecular flexibility index (Phi) is 5.83. The summed E-state index contributed by atoms with van der Waals surface area (Å²) in [5, 5.41) is 11.4. The van der Waals surface area contributed by atoms with Crippen LogP contribution in [0.5, 0.6) is 11.5 Å². The van der Waals surface area contributed by atoms with Crippen LogP contribution in [-0.4, -0.2) is 36.7 Å². The molecule has 0 fully saturated rings. The lowest BCUT2D eigenvalue weighted by molar-refractivity contribution is -0.143. The topological polar surface area (TPSA) is 84.9 Å². The summed E-state index contributed by atoms with van der Waals surface area (Å²) in [7, 11) is 1.56. The third kappa shape index (κ3) is 4.79. The standard InChI is InChI=1S/C14H19NO5/c1-9(2)13(14(17)18)15-12(16)8-20-11-6-4-10(19-3)5-7-11/h4-7,9,13H,8H2,1-3H3,(H,15,16)(H,17,18). The molecule has 0 spiro atoms. The summed E-state index contributed by atoms with van der Waals surface area (Å²) < 4.78 is 10.3. The van der Waals surface area contributed by atoms with Crippen molar-refractivity contribution in [1.29, 1.82) is 0 Å².